The van der Waals surface area contributed by atoms with Crippen molar-refractivity contribution in [3.05, 3.63) is 23.8 Å². The molecule has 0 saturated carbocycles. The number of nitrogens with zero attached hydrogens (tertiary/aromatic N) is 3. The summed E-state index contributed by atoms with van der Waals surface area (Å²) in [7, 11) is 0. The molecule has 1 N–H and O–H groups in total. The first-order valence-electron chi connectivity index (χ1n) is 7.83. The second-order valence-electron chi connectivity index (χ2n) is 5.74. The molecule has 0 spiro atoms. The first-order valence-corrected chi connectivity index (χ1v) is 8.71. The van der Waals surface area contributed by atoms with Gasteiger partial charge < -0.3 is 10.0 Å². The summed E-state index contributed by atoms with van der Waals surface area (Å²) in [4.78, 5) is 57.1. The lowest BCUT2D eigenvalue weighted by atomic mass is 10.1. The number of hydrogen-bond acceptors (Lipinski definition) is 7. The van der Waals surface area contributed by atoms with E-state index in [1.165, 1.54) is 24.1 Å². The van der Waals surface area contributed by atoms with Crippen molar-refractivity contribution in [2.75, 3.05) is 6.54 Å². The molecule has 0 aromatic carbocycles. The normalized spacial score (nSPS) is 18.0. The molecule has 25 heavy (non-hydrogen) atoms. The van der Waals surface area contributed by atoms with Gasteiger partial charge in [-0.15, -0.1) is 0 Å². The molecule has 1 aliphatic heterocycles. The number of carboxylic acid groups (broad SMARTS) is 1. The summed E-state index contributed by atoms with van der Waals surface area (Å²) in [5.41, 5.74) is 0.134. The Hall–Kier alpha value is -2.29. The van der Waals surface area contributed by atoms with Gasteiger partial charge >= 0.3 is 5.97 Å². The Morgan fingerprint density at radius 1 is 1.40 bits per heavy atom. The molecule has 134 valence electrons. The molecule has 0 aliphatic carbocycles. The zero-order valence-corrected chi connectivity index (χ0v) is 14.8. The molecule has 1 aliphatic rings. The summed E-state index contributed by atoms with van der Waals surface area (Å²) in [6.45, 7) is 3.29. The average molecular weight is 365 g/mol. The highest BCUT2D eigenvalue weighted by Crippen LogP contribution is 2.24. The highest BCUT2D eigenvalue weighted by Gasteiger charge is 2.36. The van der Waals surface area contributed by atoms with Gasteiger partial charge in [0.1, 0.15) is 17.6 Å². The van der Waals surface area contributed by atoms with E-state index in [-0.39, 0.29) is 17.2 Å². The van der Waals surface area contributed by atoms with Crippen LogP contribution in [0.4, 0.5) is 0 Å². The fraction of sp³-hybridized carbons (Fsp3) is 0.500. The molecule has 2 atom stereocenters. The smallest absolute Gasteiger partial charge is 0.326 e. The van der Waals surface area contributed by atoms with E-state index in [4.69, 9.17) is 0 Å². The molecule has 1 aromatic heterocycles. The van der Waals surface area contributed by atoms with Gasteiger partial charge in [-0.05, 0) is 25.8 Å². The zero-order valence-electron chi connectivity index (χ0n) is 14.0. The average Bonchev–Trinajstić information content (AvgIpc) is 3.03. The predicted molar refractivity (Wildman–Crippen MR) is 90.1 cm³/mol. The van der Waals surface area contributed by atoms with Gasteiger partial charge in [0.2, 0.25) is 5.91 Å². The lowest BCUT2D eigenvalue weighted by Crippen LogP contribution is -2.42. The third-order valence-electron chi connectivity index (χ3n) is 3.85. The van der Waals surface area contributed by atoms with Crippen molar-refractivity contribution in [1.82, 2.24) is 14.9 Å². The van der Waals surface area contributed by atoms with Crippen molar-refractivity contribution in [2.45, 2.75) is 44.4 Å². The minimum atomic E-state index is -1.06. The number of aliphatic carboxylic acids is 1. The summed E-state index contributed by atoms with van der Waals surface area (Å²) >= 11 is 0.761. The summed E-state index contributed by atoms with van der Waals surface area (Å²) in [5.74, 6) is -1.53. The maximum Gasteiger partial charge on any atom is 0.326 e. The van der Waals surface area contributed by atoms with E-state index in [0.29, 0.717) is 25.2 Å². The molecule has 9 heteroatoms. The maximum atomic E-state index is 12.6. The lowest BCUT2D eigenvalue weighted by Gasteiger charge is -2.23. The van der Waals surface area contributed by atoms with Crippen LogP contribution in [0.5, 0.6) is 0 Å². The Bertz CT molecular complexity index is 709. The van der Waals surface area contributed by atoms with E-state index in [1.807, 2.05) is 0 Å². The molecular formula is C16H19N3O5S. The third-order valence-corrected chi connectivity index (χ3v) is 4.84. The van der Waals surface area contributed by atoms with Crippen LogP contribution in [0.3, 0.4) is 0 Å². The Balaban J connectivity index is 2.17. The van der Waals surface area contributed by atoms with Crippen molar-refractivity contribution in [3.8, 4) is 0 Å². The second kappa shape index (κ2) is 8.19. The molecule has 1 aromatic rings. The Kier molecular flexibility index (Phi) is 6.24. The number of thioether (sulfide) groups is 1. The topological polar surface area (TPSA) is 118 Å². The fourth-order valence-corrected chi connectivity index (χ4v) is 3.60. The number of aryl methyl sites for hydroxylation is 1. The van der Waals surface area contributed by atoms with Crippen LogP contribution in [0.1, 0.15) is 42.5 Å². The van der Waals surface area contributed by atoms with Crippen LogP contribution in [0.15, 0.2) is 12.3 Å². The monoisotopic (exact) mass is 365 g/mol. The van der Waals surface area contributed by atoms with E-state index in [0.717, 1.165) is 11.8 Å². The van der Waals surface area contributed by atoms with E-state index in [9.17, 15) is 24.3 Å². The minimum Gasteiger partial charge on any atom is -0.480 e. The largest absolute Gasteiger partial charge is 0.480 e. The van der Waals surface area contributed by atoms with Crippen molar-refractivity contribution in [1.29, 1.82) is 0 Å². The number of ketones is 1. The Labute approximate surface area is 149 Å². The van der Waals surface area contributed by atoms with Gasteiger partial charge in [-0.3, -0.25) is 14.4 Å². The van der Waals surface area contributed by atoms with Crippen LogP contribution in [0.2, 0.25) is 0 Å². The fourth-order valence-electron chi connectivity index (χ4n) is 2.74. The van der Waals surface area contributed by atoms with Crippen LogP contribution >= 0.6 is 11.8 Å². The molecule has 0 bridgehead atoms. The standard InChI is InChI=1S/C16H19N3O5S/c1-9-17-6-5-11(18-9)15(22)13(25-10(2)20)8-14(21)19-7-3-4-12(19)16(23)24/h5-6,12-13H,3-4,7-8H2,1-2H3,(H,23,24)/t12-,13?/m0/s1. The molecule has 2 rings (SSSR count). The van der Waals surface area contributed by atoms with Crippen LogP contribution in [0.25, 0.3) is 0 Å². The highest BCUT2D eigenvalue weighted by atomic mass is 32.2. The van der Waals surface area contributed by atoms with Gasteiger partial charge in [-0.2, -0.15) is 0 Å². The SMILES string of the molecule is CC(=O)SC(CC(=O)N1CCC[C@H]1C(=O)O)C(=O)c1ccnc(C)n1. The summed E-state index contributed by atoms with van der Waals surface area (Å²) < 4.78 is 0. The molecule has 1 amide bonds. The van der Waals surface area contributed by atoms with Crippen LogP contribution in [0, 0.1) is 6.92 Å². The summed E-state index contributed by atoms with van der Waals surface area (Å²) in [5, 5.41) is 7.96. The number of Topliss-reactive ketones (excluding diaryl/α,β-unsaturated/α-hetero) is 1. The number of hydrogen-bond donors (Lipinski definition) is 1. The number of carbonyl (C=O) groups is 4. The van der Waals surface area contributed by atoms with Gasteiger partial charge in [0.15, 0.2) is 10.9 Å². The highest BCUT2D eigenvalue weighted by molar-refractivity contribution is 8.14. The van der Waals surface area contributed by atoms with Crippen molar-refractivity contribution < 1.29 is 24.3 Å². The van der Waals surface area contributed by atoms with Gasteiger partial charge in [-0.1, -0.05) is 11.8 Å². The summed E-state index contributed by atoms with van der Waals surface area (Å²) in [6.07, 6.45) is 2.20. The minimum absolute atomic E-state index is 0.134. The van der Waals surface area contributed by atoms with Gasteiger partial charge in [0.25, 0.3) is 0 Å². The molecule has 1 fully saturated rings. The molecule has 1 saturated heterocycles. The molecule has 8 nitrogen and oxygen atoms in total. The maximum absolute atomic E-state index is 12.6. The number of likely N-dealkylation sites (tertiary alicyclic amines) is 1. The number of amides is 1. The van der Waals surface area contributed by atoms with Crippen molar-refractivity contribution in [2.24, 2.45) is 0 Å². The molecule has 2 heterocycles. The predicted octanol–water partition coefficient (Wildman–Crippen LogP) is 1.08. The van der Waals surface area contributed by atoms with Crippen molar-refractivity contribution >= 4 is 34.5 Å². The lowest BCUT2D eigenvalue weighted by molar-refractivity contribution is -0.148. The molecule has 0 radical (unpaired) electrons. The Morgan fingerprint density at radius 2 is 2.12 bits per heavy atom. The van der Waals surface area contributed by atoms with Gasteiger partial charge in [0.05, 0.1) is 5.25 Å². The van der Waals surface area contributed by atoms with Gasteiger partial charge in [0, 0.05) is 26.1 Å². The van der Waals surface area contributed by atoms with E-state index < -0.39 is 29.0 Å². The van der Waals surface area contributed by atoms with Gasteiger partial charge in [-0.25, -0.2) is 14.8 Å². The Morgan fingerprint density at radius 3 is 2.72 bits per heavy atom. The van der Waals surface area contributed by atoms with E-state index in [2.05, 4.69) is 9.97 Å². The molecule has 1 unspecified atom stereocenters. The van der Waals surface area contributed by atoms with E-state index >= 15 is 0 Å². The quantitative estimate of drug-likeness (QED) is 0.744. The van der Waals surface area contributed by atoms with Crippen LogP contribution in [-0.2, 0) is 14.4 Å². The number of aromatic nitrogens is 2. The van der Waals surface area contributed by atoms with Crippen LogP contribution < -0.4 is 0 Å². The number of rotatable bonds is 6. The summed E-state index contributed by atoms with van der Waals surface area (Å²) in [6, 6.07) is 0.565. The number of carboxylic acids is 1. The second-order valence-corrected chi connectivity index (χ2v) is 7.12. The van der Waals surface area contributed by atoms with Crippen molar-refractivity contribution in [3.63, 3.8) is 0 Å². The first kappa shape index (κ1) is 19.0. The zero-order chi connectivity index (χ0) is 18.6. The first-order chi connectivity index (χ1) is 11.8. The van der Waals surface area contributed by atoms with Crippen LogP contribution in [-0.4, -0.2) is 60.6 Å². The third kappa shape index (κ3) is 4.85. The number of carbonyl (C=O) groups excluding carboxylic acids is 3. The molecular weight excluding hydrogens is 346 g/mol. The van der Waals surface area contributed by atoms with E-state index in [1.54, 1.807) is 6.92 Å².